The molecule has 2 aliphatic rings. The molecular formula is C22H32O6. The highest BCUT2D eigenvalue weighted by molar-refractivity contribution is 5.90. The number of hydrogen-bond acceptors (Lipinski definition) is 6. The molecule has 0 aromatic carbocycles. The van der Waals surface area contributed by atoms with Gasteiger partial charge >= 0.3 is 11.9 Å². The first-order valence-corrected chi connectivity index (χ1v) is 9.83. The van der Waals surface area contributed by atoms with Crippen LogP contribution in [0, 0.1) is 5.92 Å². The van der Waals surface area contributed by atoms with E-state index >= 15 is 0 Å². The van der Waals surface area contributed by atoms with Gasteiger partial charge in [0.2, 0.25) is 0 Å². The summed E-state index contributed by atoms with van der Waals surface area (Å²) in [6.07, 6.45) is 5.70. The van der Waals surface area contributed by atoms with Crippen molar-refractivity contribution >= 4 is 11.9 Å². The fraction of sp³-hybridized carbons (Fsp3) is 0.636. The van der Waals surface area contributed by atoms with Crippen LogP contribution in [0.4, 0.5) is 0 Å². The van der Waals surface area contributed by atoms with E-state index in [2.05, 4.69) is 6.58 Å². The van der Waals surface area contributed by atoms with Gasteiger partial charge in [0.1, 0.15) is 12.2 Å². The third-order valence-electron chi connectivity index (χ3n) is 5.57. The van der Waals surface area contributed by atoms with Crippen molar-refractivity contribution < 1.29 is 29.3 Å². The number of fused-ring (bicyclic) bond motifs is 1. The second-order valence-corrected chi connectivity index (χ2v) is 8.47. The molecule has 0 spiro atoms. The van der Waals surface area contributed by atoms with Crippen molar-refractivity contribution in [2.75, 3.05) is 0 Å². The molecule has 0 unspecified atom stereocenters. The second-order valence-electron chi connectivity index (χ2n) is 8.47. The summed E-state index contributed by atoms with van der Waals surface area (Å²) in [5, 5.41) is 21.8. The van der Waals surface area contributed by atoms with Gasteiger partial charge < -0.3 is 19.7 Å². The average molecular weight is 392 g/mol. The van der Waals surface area contributed by atoms with E-state index in [1.807, 2.05) is 13.8 Å². The summed E-state index contributed by atoms with van der Waals surface area (Å²) in [6.45, 7) is 10.8. The normalized spacial score (nSPS) is 35.8. The summed E-state index contributed by atoms with van der Waals surface area (Å²) in [5.74, 6) is -0.926. The Morgan fingerprint density at radius 3 is 2.61 bits per heavy atom. The van der Waals surface area contributed by atoms with E-state index < -0.39 is 35.3 Å². The van der Waals surface area contributed by atoms with E-state index in [9.17, 15) is 19.8 Å². The minimum atomic E-state index is -1.18. The summed E-state index contributed by atoms with van der Waals surface area (Å²) in [7, 11) is 0. The van der Waals surface area contributed by atoms with Crippen LogP contribution in [-0.2, 0) is 19.1 Å². The SMILES string of the molecule is C=C1C[C@@H]2C=C(CC[C@](O)(C(C)C)/C=C/[C@@](C)(O)CC[C@H]1OC(C)=O)C(=O)O2. The molecule has 4 atom stereocenters. The minimum Gasteiger partial charge on any atom is -0.458 e. The zero-order valence-corrected chi connectivity index (χ0v) is 17.2. The van der Waals surface area contributed by atoms with E-state index in [-0.39, 0.29) is 5.92 Å². The number of carbonyl (C=O) groups is 2. The number of rotatable bonds is 2. The fourth-order valence-corrected chi connectivity index (χ4v) is 3.49. The Labute approximate surface area is 166 Å². The number of esters is 2. The molecule has 0 amide bonds. The van der Waals surface area contributed by atoms with Crippen LogP contribution in [0.3, 0.4) is 0 Å². The molecule has 156 valence electrons. The third-order valence-corrected chi connectivity index (χ3v) is 5.57. The van der Waals surface area contributed by atoms with Crippen molar-refractivity contribution in [1.29, 1.82) is 0 Å². The molecule has 1 heterocycles. The zero-order valence-electron chi connectivity index (χ0n) is 17.2. The van der Waals surface area contributed by atoms with Crippen LogP contribution >= 0.6 is 0 Å². The molecule has 2 bridgehead atoms. The minimum absolute atomic E-state index is 0.102. The van der Waals surface area contributed by atoms with Crippen molar-refractivity contribution in [3.63, 3.8) is 0 Å². The first-order chi connectivity index (χ1) is 12.9. The Morgan fingerprint density at radius 2 is 2.00 bits per heavy atom. The lowest BCUT2D eigenvalue weighted by molar-refractivity contribution is -0.146. The monoisotopic (exact) mass is 392 g/mol. The summed E-state index contributed by atoms with van der Waals surface area (Å²) < 4.78 is 10.8. The Hall–Kier alpha value is -1.92. The van der Waals surface area contributed by atoms with Crippen molar-refractivity contribution in [1.82, 2.24) is 0 Å². The van der Waals surface area contributed by atoms with E-state index in [1.54, 1.807) is 25.2 Å². The van der Waals surface area contributed by atoms with Gasteiger partial charge in [0.05, 0.1) is 11.2 Å². The van der Waals surface area contributed by atoms with Crippen LogP contribution < -0.4 is 0 Å². The second kappa shape index (κ2) is 8.62. The average Bonchev–Trinajstić information content (AvgIpc) is 2.93. The van der Waals surface area contributed by atoms with Crippen LogP contribution in [-0.4, -0.2) is 45.6 Å². The van der Waals surface area contributed by atoms with E-state index in [0.717, 1.165) is 0 Å². The molecule has 2 N–H and O–H groups in total. The molecule has 0 aromatic rings. The molecule has 0 saturated carbocycles. The number of hydrogen-bond donors (Lipinski definition) is 2. The Morgan fingerprint density at radius 1 is 1.32 bits per heavy atom. The molecule has 0 saturated heterocycles. The quantitative estimate of drug-likeness (QED) is 0.554. The van der Waals surface area contributed by atoms with Crippen LogP contribution in [0.2, 0.25) is 0 Å². The standard InChI is InChI=1S/C22H32O6/c1-14(2)22(26)9-6-17-13-18(28-20(17)24)12-15(3)19(27-16(4)23)7-8-21(5,25)10-11-22/h10-11,13-14,18-19,25-26H,3,6-9,12H2,1-2,4-5H3/b11-10+/t18-,19-,21+,22-/m1/s1. The van der Waals surface area contributed by atoms with E-state index in [0.29, 0.717) is 43.3 Å². The molecule has 6 heteroatoms. The number of carbonyl (C=O) groups excluding carboxylic acids is 2. The first kappa shape index (κ1) is 22.4. The van der Waals surface area contributed by atoms with Gasteiger partial charge in [-0.05, 0) is 50.2 Å². The molecule has 2 rings (SSSR count). The Bertz CT molecular complexity index is 687. The fourth-order valence-electron chi connectivity index (χ4n) is 3.49. The molecule has 28 heavy (non-hydrogen) atoms. The maximum Gasteiger partial charge on any atom is 0.334 e. The van der Waals surface area contributed by atoms with Crippen LogP contribution in [0.15, 0.2) is 36.0 Å². The number of ether oxygens (including phenoxy) is 2. The van der Waals surface area contributed by atoms with Gasteiger partial charge in [0.25, 0.3) is 0 Å². The molecule has 1 aliphatic heterocycles. The van der Waals surface area contributed by atoms with Crippen molar-refractivity contribution in [3.05, 3.63) is 36.0 Å². The van der Waals surface area contributed by atoms with Crippen molar-refractivity contribution in [2.45, 2.75) is 83.2 Å². The zero-order chi connectivity index (χ0) is 21.1. The summed E-state index contributed by atoms with van der Waals surface area (Å²) in [5.41, 5.74) is -1.18. The third kappa shape index (κ3) is 5.79. The lowest BCUT2D eigenvalue weighted by Gasteiger charge is -2.31. The van der Waals surface area contributed by atoms with Crippen molar-refractivity contribution in [3.8, 4) is 0 Å². The summed E-state index contributed by atoms with van der Waals surface area (Å²) >= 11 is 0. The molecule has 0 aromatic heterocycles. The maximum absolute atomic E-state index is 12.2. The van der Waals surface area contributed by atoms with Gasteiger partial charge in [-0.1, -0.05) is 32.6 Å². The van der Waals surface area contributed by atoms with Crippen molar-refractivity contribution in [2.24, 2.45) is 5.92 Å². The first-order valence-electron chi connectivity index (χ1n) is 9.83. The van der Waals surface area contributed by atoms with Gasteiger partial charge in [0.15, 0.2) is 0 Å². The lowest BCUT2D eigenvalue weighted by atomic mass is 9.82. The van der Waals surface area contributed by atoms with Gasteiger partial charge in [-0.15, -0.1) is 0 Å². The molecule has 0 radical (unpaired) electrons. The van der Waals surface area contributed by atoms with Crippen LogP contribution in [0.1, 0.15) is 59.8 Å². The van der Waals surface area contributed by atoms with Crippen LogP contribution in [0.5, 0.6) is 0 Å². The Kier molecular flexibility index (Phi) is 6.88. The summed E-state index contributed by atoms with van der Waals surface area (Å²) in [4.78, 5) is 23.7. The predicted molar refractivity (Wildman–Crippen MR) is 105 cm³/mol. The van der Waals surface area contributed by atoms with E-state index in [1.165, 1.54) is 6.92 Å². The number of aliphatic hydroxyl groups is 2. The topological polar surface area (TPSA) is 93.1 Å². The van der Waals surface area contributed by atoms with E-state index in [4.69, 9.17) is 9.47 Å². The lowest BCUT2D eigenvalue weighted by Crippen LogP contribution is -2.34. The molecule has 0 fully saturated rings. The van der Waals surface area contributed by atoms with Gasteiger partial charge in [-0.3, -0.25) is 4.79 Å². The molecule has 6 nitrogen and oxygen atoms in total. The van der Waals surface area contributed by atoms with Gasteiger partial charge in [-0.2, -0.15) is 0 Å². The maximum atomic E-state index is 12.2. The van der Waals surface area contributed by atoms with Gasteiger partial charge in [-0.25, -0.2) is 4.79 Å². The largest absolute Gasteiger partial charge is 0.458 e. The highest BCUT2D eigenvalue weighted by Crippen LogP contribution is 2.32. The highest BCUT2D eigenvalue weighted by Gasteiger charge is 2.34. The highest BCUT2D eigenvalue weighted by atomic mass is 16.6. The van der Waals surface area contributed by atoms with Crippen LogP contribution in [0.25, 0.3) is 0 Å². The molecular weight excluding hydrogens is 360 g/mol. The van der Waals surface area contributed by atoms with Gasteiger partial charge in [0, 0.05) is 18.9 Å². The summed E-state index contributed by atoms with van der Waals surface area (Å²) in [6, 6.07) is 0. The Balaban J connectivity index is 2.35. The molecule has 1 aliphatic carbocycles. The smallest absolute Gasteiger partial charge is 0.334 e. The predicted octanol–water partition coefficient (Wildman–Crippen LogP) is 2.98.